The number of halogens is 1. The number of carbonyl (C=O) groups excluding carboxylic acids is 1. The summed E-state index contributed by atoms with van der Waals surface area (Å²) >= 11 is 3.39. The van der Waals surface area contributed by atoms with Gasteiger partial charge in [-0.25, -0.2) is 0 Å². The second-order valence-corrected chi connectivity index (χ2v) is 4.62. The van der Waals surface area contributed by atoms with Crippen molar-refractivity contribution in [1.82, 2.24) is 0 Å². The monoisotopic (exact) mass is 310 g/mol. The molecule has 0 aromatic heterocycles. The lowest BCUT2D eigenvalue weighted by molar-refractivity contribution is 0.112. The molecule has 0 bridgehead atoms. The molecule has 0 radical (unpaired) electrons. The highest BCUT2D eigenvalue weighted by atomic mass is 79.9. The van der Waals surface area contributed by atoms with E-state index in [-0.39, 0.29) is 0 Å². The molecule has 0 fully saturated rings. The van der Waals surface area contributed by atoms with Crippen molar-refractivity contribution in [2.24, 2.45) is 0 Å². The maximum atomic E-state index is 11.1. The van der Waals surface area contributed by atoms with Crippen molar-refractivity contribution >= 4 is 27.9 Å². The van der Waals surface area contributed by atoms with Gasteiger partial charge in [-0.3, -0.25) is 4.79 Å². The fourth-order valence-corrected chi connectivity index (χ4v) is 1.98. The summed E-state index contributed by atoms with van der Waals surface area (Å²) in [4.78, 5) is 13.0. The van der Waals surface area contributed by atoms with Gasteiger partial charge in [0.05, 0.1) is 19.1 Å². The van der Waals surface area contributed by atoms with E-state index in [9.17, 15) is 4.79 Å². The molecule has 1 rings (SSSR count). The van der Waals surface area contributed by atoms with Crippen LogP contribution in [0, 0.1) is 11.3 Å². The van der Waals surface area contributed by atoms with Crippen molar-refractivity contribution in [3.8, 4) is 6.07 Å². The molecule has 0 amide bonds. The maximum Gasteiger partial charge on any atom is 0.152 e. The molecular formula is C13H15BrN2O2. The topological polar surface area (TPSA) is 53.3 Å². The summed E-state index contributed by atoms with van der Waals surface area (Å²) in [5.74, 6) is 0. The molecule has 0 spiro atoms. The van der Waals surface area contributed by atoms with E-state index in [1.54, 1.807) is 13.2 Å². The van der Waals surface area contributed by atoms with Gasteiger partial charge in [0.1, 0.15) is 0 Å². The third kappa shape index (κ3) is 4.13. The van der Waals surface area contributed by atoms with Crippen LogP contribution in [0.5, 0.6) is 0 Å². The molecule has 4 nitrogen and oxygen atoms in total. The number of aldehydes is 1. The molecule has 0 aliphatic rings. The van der Waals surface area contributed by atoms with Gasteiger partial charge in [-0.15, -0.1) is 0 Å². The average Bonchev–Trinajstić information content (AvgIpc) is 2.39. The number of benzene rings is 1. The predicted octanol–water partition coefficient (Wildman–Crippen LogP) is 2.63. The Balaban J connectivity index is 2.98. The van der Waals surface area contributed by atoms with Gasteiger partial charge in [-0.1, -0.05) is 15.9 Å². The van der Waals surface area contributed by atoms with E-state index in [0.29, 0.717) is 31.7 Å². The van der Waals surface area contributed by atoms with Crippen molar-refractivity contribution in [3.63, 3.8) is 0 Å². The average molecular weight is 311 g/mol. The Kier molecular flexibility index (Phi) is 6.40. The molecule has 5 heteroatoms. The van der Waals surface area contributed by atoms with Gasteiger partial charge in [0.2, 0.25) is 0 Å². The van der Waals surface area contributed by atoms with Crippen molar-refractivity contribution in [1.29, 1.82) is 5.26 Å². The molecule has 1 aromatic rings. The fourth-order valence-electron chi connectivity index (χ4n) is 1.63. The highest BCUT2D eigenvalue weighted by Crippen LogP contribution is 2.24. The Morgan fingerprint density at radius 2 is 2.28 bits per heavy atom. The largest absolute Gasteiger partial charge is 0.383 e. The molecule has 0 saturated heterocycles. The third-order valence-corrected chi connectivity index (χ3v) is 3.01. The molecule has 0 saturated carbocycles. The minimum atomic E-state index is 0.411. The number of hydrogen-bond acceptors (Lipinski definition) is 4. The number of methoxy groups -OCH3 is 1. The maximum absolute atomic E-state index is 11.1. The summed E-state index contributed by atoms with van der Waals surface area (Å²) in [5.41, 5.74) is 1.44. The van der Waals surface area contributed by atoms with Crippen LogP contribution in [0.2, 0.25) is 0 Å². The fraction of sp³-hybridized carbons (Fsp3) is 0.385. The molecule has 1 aromatic carbocycles. The summed E-state index contributed by atoms with van der Waals surface area (Å²) in [6, 6.07) is 7.59. The lowest BCUT2D eigenvalue weighted by atomic mass is 10.1. The Bertz CT molecular complexity index is 443. The molecule has 0 unspecified atom stereocenters. The molecule has 0 aliphatic heterocycles. The van der Waals surface area contributed by atoms with Gasteiger partial charge in [0.15, 0.2) is 6.29 Å². The minimum Gasteiger partial charge on any atom is -0.383 e. The third-order valence-electron chi connectivity index (χ3n) is 2.52. The lowest BCUT2D eigenvalue weighted by Crippen LogP contribution is -2.29. The van der Waals surface area contributed by atoms with Crippen LogP contribution in [0.15, 0.2) is 22.7 Å². The van der Waals surface area contributed by atoms with Gasteiger partial charge < -0.3 is 9.64 Å². The Morgan fingerprint density at radius 3 is 2.89 bits per heavy atom. The van der Waals surface area contributed by atoms with Gasteiger partial charge in [-0.2, -0.15) is 5.26 Å². The molecular weight excluding hydrogens is 296 g/mol. The van der Waals surface area contributed by atoms with Gasteiger partial charge in [-0.05, 0) is 18.2 Å². The van der Waals surface area contributed by atoms with E-state index in [1.165, 1.54) is 0 Å². The van der Waals surface area contributed by atoms with E-state index in [4.69, 9.17) is 10.00 Å². The van der Waals surface area contributed by atoms with Crippen LogP contribution in [-0.2, 0) is 4.74 Å². The van der Waals surface area contributed by atoms with Gasteiger partial charge in [0.25, 0.3) is 0 Å². The number of carbonyl (C=O) groups is 1. The van der Waals surface area contributed by atoms with E-state index in [2.05, 4.69) is 22.0 Å². The zero-order chi connectivity index (χ0) is 13.4. The Morgan fingerprint density at radius 1 is 1.50 bits per heavy atom. The molecule has 0 heterocycles. The first kappa shape index (κ1) is 14.7. The number of ether oxygens (including phenoxy) is 1. The van der Waals surface area contributed by atoms with Crippen LogP contribution in [0.3, 0.4) is 0 Å². The van der Waals surface area contributed by atoms with Crippen LogP contribution in [-0.4, -0.2) is 33.1 Å². The SMILES string of the molecule is COCCN(CCC#N)c1cc(Br)ccc1C=O. The van der Waals surface area contributed by atoms with Crippen LogP contribution in [0.4, 0.5) is 5.69 Å². The second-order valence-electron chi connectivity index (χ2n) is 3.71. The summed E-state index contributed by atoms with van der Waals surface area (Å²) in [7, 11) is 1.63. The molecule has 0 aliphatic carbocycles. The van der Waals surface area contributed by atoms with Crippen molar-refractivity contribution in [2.45, 2.75) is 6.42 Å². The number of hydrogen-bond donors (Lipinski definition) is 0. The molecule has 0 atom stereocenters. The summed E-state index contributed by atoms with van der Waals surface area (Å²) in [6.07, 6.45) is 1.24. The number of nitrogens with zero attached hydrogens (tertiary/aromatic N) is 2. The van der Waals surface area contributed by atoms with E-state index in [1.807, 2.05) is 17.0 Å². The highest BCUT2D eigenvalue weighted by Gasteiger charge is 2.11. The van der Waals surface area contributed by atoms with Crippen molar-refractivity contribution in [3.05, 3.63) is 28.2 Å². The van der Waals surface area contributed by atoms with E-state index < -0.39 is 0 Å². The van der Waals surface area contributed by atoms with Crippen LogP contribution in [0.25, 0.3) is 0 Å². The summed E-state index contributed by atoms with van der Waals surface area (Å²) < 4.78 is 5.96. The van der Waals surface area contributed by atoms with Crippen LogP contribution >= 0.6 is 15.9 Å². The quantitative estimate of drug-likeness (QED) is 0.726. The number of nitriles is 1. The smallest absolute Gasteiger partial charge is 0.152 e. The first-order chi connectivity index (χ1) is 8.72. The number of anilines is 1. The zero-order valence-electron chi connectivity index (χ0n) is 10.2. The summed E-state index contributed by atoms with van der Waals surface area (Å²) in [5, 5.41) is 8.68. The first-order valence-electron chi connectivity index (χ1n) is 5.58. The zero-order valence-corrected chi connectivity index (χ0v) is 11.8. The normalized spacial score (nSPS) is 9.83. The minimum absolute atomic E-state index is 0.411. The second kappa shape index (κ2) is 7.85. The standard InChI is InChI=1S/C13H15BrN2O2/c1-18-8-7-16(6-2-5-15)13-9-12(14)4-3-11(13)10-17/h3-4,9-10H,2,6-8H2,1H3. The summed E-state index contributed by atoms with van der Waals surface area (Å²) in [6.45, 7) is 1.78. The molecule has 96 valence electrons. The van der Waals surface area contributed by atoms with Crippen LogP contribution < -0.4 is 4.90 Å². The predicted molar refractivity (Wildman–Crippen MR) is 73.8 cm³/mol. The number of rotatable bonds is 7. The Labute approximate surface area is 115 Å². The van der Waals surface area contributed by atoms with Crippen LogP contribution in [0.1, 0.15) is 16.8 Å². The molecule has 18 heavy (non-hydrogen) atoms. The Hall–Kier alpha value is -1.38. The lowest BCUT2D eigenvalue weighted by Gasteiger charge is -2.25. The van der Waals surface area contributed by atoms with Crippen molar-refractivity contribution < 1.29 is 9.53 Å². The first-order valence-corrected chi connectivity index (χ1v) is 6.37. The molecule has 0 N–H and O–H groups in total. The van der Waals surface area contributed by atoms with Gasteiger partial charge in [0, 0.05) is 35.9 Å². The van der Waals surface area contributed by atoms with Gasteiger partial charge >= 0.3 is 0 Å². The highest BCUT2D eigenvalue weighted by molar-refractivity contribution is 9.10. The van der Waals surface area contributed by atoms with E-state index >= 15 is 0 Å². The van der Waals surface area contributed by atoms with E-state index in [0.717, 1.165) is 16.4 Å². The van der Waals surface area contributed by atoms with Crippen molar-refractivity contribution in [2.75, 3.05) is 31.7 Å².